The van der Waals surface area contributed by atoms with Gasteiger partial charge in [-0.2, -0.15) is 0 Å². The second kappa shape index (κ2) is 4.97. The van der Waals surface area contributed by atoms with E-state index in [1.807, 2.05) is 19.4 Å². The maximum atomic E-state index is 12.1. The van der Waals surface area contributed by atoms with Gasteiger partial charge in [-0.1, -0.05) is 0 Å². The molecule has 1 N–H and O–H groups in total. The Morgan fingerprint density at radius 1 is 1.69 bits per heavy atom. The molecule has 2 heterocycles. The standard InChI is InChI=1S/C12H18N2OS/c1-9-4-6-16-12(9)14(2)11(15)7-10-3-5-13-8-10/h4,6,10,13H,3,5,7-8H2,1-2H3. The smallest absolute Gasteiger partial charge is 0.227 e. The number of carbonyl (C=O) groups is 1. The number of amides is 1. The summed E-state index contributed by atoms with van der Waals surface area (Å²) >= 11 is 1.63. The quantitative estimate of drug-likeness (QED) is 0.873. The third kappa shape index (κ3) is 2.44. The van der Waals surface area contributed by atoms with Gasteiger partial charge >= 0.3 is 0 Å². The molecule has 1 atom stereocenters. The van der Waals surface area contributed by atoms with Crippen LogP contribution >= 0.6 is 11.3 Å². The molecule has 3 nitrogen and oxygen atoms in total. The van der Waals surface area contributed by atoms with Crippen LogP contribution in [0.15, 0.2) is 11.4 Å². The van der Waals surface area contributed by atoms with Crippen LogP contribution in [0.5, 0.6) is 0 Å². The Balaban J connectivity index is 1.96. The van der Waals surface area contributed by atoms with Crippen LogP contribution < -0.4 is 10.2 Å². The minimum Gasteiger partial charge on any atom is -0.316 e. The van der Waals surface area contributed by atoms with Crippen LogP contribution in [0, 0.1) is 12.8 Å². The molecule has 0 aliphatic carbocycles. The third-order valence-corrected chi connectivity index (χ3v) is 4.23. The van der Waals surface area contributed by atoms with Gasteiger partial charge in [0.1, 0.15) is 5.00 Å². The van der Waals surface area contributed by atoms with Gasteiger partial charge in [-0.25, -0.2) is 0 Å². The molecule has 88 valence electrons. The van der Waals surface area contributed by atoms with Crippen LogP contribution in [0.2, 0.25) is 0 Å². The van der Waals surface area contributed by atoms with Gasteiger partial charge in [0, 0.05) is 13.5 Å². The highest BCUT2D eigenvalue weighted by molar-refractivity contribution is 7.14. The highest BCUT2D eigenvalue weighted by atomic mass is 32.1. The van der Waals surface area contributed by atoms with E-state index in [0.29, 0.717) is 12.3 Å². The van der Waals surface area contributed by atoms with Crippen molar-refractivity contribution in [2.24, 2.45) is 5.92 Å². The molecule has 16 heavy (non-hydrogen) atoms. The Bertz CT molecular complexity index is 369. The molecular formula is C12H18N2OS. The first-order valence-corrected chi connectivity index (χ1v) is 6.58. The average molecular weight is 238 g/mol. The summed E-state index contributed by atoms with van der Waals surface area (Å²) in [6.07, 6.45) is 1.80. The molecule has 1 unspecified atom stereocenters. The number of nitrogens with zero attached hydrogens (tertiary/aromatic N) is 1. The van der Waals surface area contributed by atoms with E-state index in [1.165, 1.54) is 5.56 Å². The number of hydrogen-bond donors (Lipinski definition) is 1. The van der Waals surface area contributed by atoms with Gasteiger partial charge in [-0.3, -0.25) is 4.79 Å². The SMILES string of the molecule is Cc1ccsc1N(C)C(=O)CC1CCNC1. The topological polar surface area (TPSA) is 32.3 Å². The van der Waals surface area contributed by atoms with Crippen LogP contribution in [0.1, 0.15) is 18.4 Å². The van der Waals surface area contributed by atoms with Crippen molar-refractivity contribution in [3.63, 3.8) is 0 Å². The van der Waals surface area contributed by atoms with E-state index in [0.717, 1.165) is 24.5 Å². The van der Waals surface area contributed by atoms with Crippen LogP contribution in [0.4, 0.5) is 5.00 Å². The monoisotopic (exact) mass is 238 g/mol. The summed E-state index contributed by atoms with van der Waals surface area (Å²) < 4.78 is 0. The lowest BCUT2D eigenvalue weighted by molar-refractivity contribution is -0.119. The molecule has 2 rings (SSSR count). The summed E-state index contributed by atoms with van der Waals surface area (Å²) in [5.74, 6) is 0.759. The molecule has 0 bridgehead atoms. The van der Waals surface area contributed by atoms with Crippen molar-refractivity contribution >= 4 is 22.2 Å². The van der Waals surface area contributed by atoms with E-state index in [4.69, 9.17) is 0 Å². The highest BCUT2D eigenvalue weighted by Gasteiger charge is 2.21. The number of carbonyl (C=O) groups excluding carboxylic acids is 1. The highest BCUT2D eigenvalue weighted by Crippen LogP contribution is 2.27. The largest absolute Gasteiger partial charge is 0.316 e. The van der Waals surface area contributed by atoms with Crippen LogP contribution in [-0.4, -0.2) is 26.0 Å². The van der Waals surface area contributed by atoms with E-state index in [9.17, 15) is 4.79 Å². The van der Waals surface area contributed by atoms with Crippen molar-refractivity contribution in [2.45, 2.75) is 19.8 Å². The van der Waals surface area contributed by atoms with E-state index in [-0.39, 0.29) is 5.91 Å². The van der Waals surface area contributed by atoms with Crippen molar-refractivity contribution in [1.29, 1.82) is 0 Å². The fourth-order valence-electron chi connectivity index (χ4n) is 2.09. The Hall–Kier alpha value is -0.870. The van der Waals surface area contributed by atoms with Crippen molar-refractivity contribution in [2.75, 3.05) is 25.0 Å². The number of rotatable bonds is 3. The third-order valence-electron chi connectivity index (χ3n) is 3.14. The van der Waals surface area contributed by atoms with Crippen LogP contribution in [-0.2, 0) is 4.79 Å². The minimum absolute atomic E-state index is 0.235. The summed E-state index contributed by atoms with van der Waals surface area (Å²) in [6, 6.07) is 2.06. The predicted molar refractivity (Wildman–Crippen MR) is 68.1 cm³/mol. The molecule has 1 amide bonds. The normalized spacial score (nSPS) is 20.0. The van der Waals surface area contributed by atoms with Crippen molar-refractivity contribution in [3.05, 3.63) is 17.0 Å². The molecule has 0 radical (unpaired) electrons. The van der Waals surface area contributed by atoms with E-state index < -0.39 is 0 Å². The zero-order valence-electron chi connectivity index (χ0n) is 9.82. The molecule has 0 aromatic carbocycles. The zero-order chi connectivity index (χ0) is 11.5. The van der Waals surface area contributed by atoms with Crippen molar-refractivity contribution in [1.82, 2.24) is 5.32 Å². The van der Waals surface area contributed by atoms with E-state index >= 15 is 0 Å². The Morgan fingerprint density at radius 2 is 2.50 bits per heavy atom. The molecule has 4 heteroatoms. The van der Waals surface area contributed by atoms with Gasteiger partial charge in [0.05, 0.1) is 0 Å². The van der Waals surface area contributed by atoms with Gasteiger partial charge in [-0.15, -0.1) is 11.3 Å². The fourth-order valence-corrected chi connectivity index (χ4v) is 3.01. The minimum atomic E-state index is 0.235. The summed E-state index contributed by atoms with van der Waals surface area (Å²) in [5.41, 5.74) is 1.19. The molecular weight excluding hydrogens is 220 g/mol. The average Bonchev–Trinajstić information content (AvgIpc) is 2.88. The number of thiophene rings is 1. The molecule has 1 aromatic heterocycles. The Labute approximate surface area is 100 Å². The van der Waals surface area contributed by atoms with Crippen LogP contribution in [0.3, 0.4) is 0 Å². The van der Waals surface area contributed by atoms with Crippen molar-refractivity contribution in [3.8, 4) is 0 Å². The van der Waals surface area contributed by atoms with Crippen molar-refractivity contribution < 1.29 is 4.79 Å². The molecule has 1 fully saturated rings. The van der Waals surface area contributed by atoms with Gasteiger partial charge in [0.2, 0.25) is 5.91 Å². The summed E-state index contributed by atoms with van der Waals surface area (Å²) in [5, 5.41) is 6.41. The first-order chi connectivity index (χ1) is 7.68. The summed E-state index contributed by atoms with van der Waals surface area (Å²) in [4.78, 5) is 13.9. The first-order valence-electron chi connectivity index (χ1n) is 5.70. The van der Waals surface area contributed by atoms with Gasteiger partial charge in [-0.05, 0) is 49.4 Å². The van der Waals surface area contributed by atoms with Gasteiger partial charge in [0.25, 0.3) is 0 Å². The number of anilines is 1. The second-order valence-corrected chi connectivity index (χ2v) is 5.32. The van der Waals surface area contributed by atoms with Crippen LogP contribution in [0.25, 0.3) is 0 Å². The first kappa shape index (κ1) is 11.6. The number of hydrogen-bond acceptors (Lipinski definition) is 3. The molecule has 0 spiro atoms. The van der Waals surface area contributed by atoms with E-state index in [2.05, 4.69) is 11.4 Å². The molecule has 1 aliphatic rings. The summed E-state index contributed by atoms with van der Waals surface area (Å²) in [7, 11) is 1.88. The Morgan fingerprint density at radius 3 is 3.06 bits per heavy atom. The second-order valence-electron chi connectivity index (χ2n) is 4.42. The molecule has 1 saturated heterocycles. The number of aryl methyl sites for hydroxylation is 1. The van der Waals surface area contributed by atoms with Gasteiger partial charge < -0.3 is 10.2 Å². The summed E-state index contributed by atoms with van der Waals surface area (Å²) in [6.45, 7) is 4.09. The van der Waals surface area contributed by atoms with E-state index in [1.54, 1.807) is 16.2 Å². The lowest BCUT2D eigenvalue weighted by Crippen LogP contribution is -2.28. The molecule has 1 aliphatic heterocycles. The fraction of sp³-hybridized carbons (Fsp3) is 0.583. The zero-order valence-corrected chi connectivity index (χ0v) is 10.6. The maximum absolute atomic E-state index is 12.1. The Kier molecular flexibility index (Phi) is 3.61. The maximum Gasteiger partial charge on any atom is 0.227 e. The number of nitrogens with one attached hydrogen (secondary N) is 1. The molecule has 0 saturated carbocycles. The predicted octanol–water partition coefficient (Wildman–Crippen LogP) is 2.02. The lowest BCUT2D eigenvalue weighted by Gasteiger charge is -2.18. The lowest BCUT2D eigenvalue weighted by atomic mass is 10.0. The molecule has 1 aromatic rings. The van der Waals surface area contributed by atoms with Gasteiger partial charge in [0.15, 0.2) is 0 Å².